The van der Waals surface area contributed by atoms with Crippen molar-refractivity contribution in [2.75, 3.05) is 0 Å². The maximum Gasteiger partial charge on any atom is 0.266 e. The SMILES string of the molecule is CC.Cc1ccnc(-c2nnco2)c1. The lowest BCUT2D eigenvalue weighted by atomic mass is 10.2. The van der Waals surface area contributed by atoms with Gasteiger partial charge in [-0.05, 0) is 24.6 Å². The summed E-state index contributed by atoms with van der Waals surface area (Å²) in [6.45, 7) is 5.99. The number of aryl methyl sites for hydroxylation is 1. The van der Waals surface area contributed by atoms with Crippen LogP contribution in [0, 0.1) is 6.92 Å². The van der Waals surface area contributed by atoms with Crippen LogP contribution >= 0.6 is 0 Å². The third-order valence-corrected chi connectivity index (χ3v) is 1.49. The van der Waals surface area contributed by atoms with E-state index in [4.69, 9.17) is 4.42 Å². The van der Waals surface area contributed by atoms with Crippen molar-refractivity contribution in [3.05, 3.63) is 30.3 Å². The summed E-state index contributed by atoms with van der Waals surface area (Å²) in [7, 11) is 0. The van der Waals surface area contributed by atoms with Crippen LogP contribution in [0.1, 0.15) is 19.4 Å². The van der Waals surface area contributed by atoms with Crippen LogP contribution in [0.3, 0.4) is 0 Å². The minimum atomic E-state index is 0.457. The molecule has 0 unspecified atom stereocenters. The normalized spacial score (nSPS) is 9.07. The van der Waals surface area contributed by atoms with Crippen molar-refractivity contribution in [2.24, 2.45) is 0 Å². The minimum Gasteiger partial charge on any atom is -0.422 e. The van der Waals surface area contributed by atoms with Gasteiger partial charge in [0.15, 0.2) is 0 Å². The number of pyridine rings is 1. The molecule has 0 aliphatic heterocycles. The Hall–Kier alpha value is -1.71. The third kappa shape index (κ3) is 2.39. The highest BCUT2D eigenvalue weighted by molar-refractivity contribution is 5.46. The fourth-order valence-electron chi connectivity index (χ4n) is 0.938. The Morgan fingerprint density at radius 3 is 2.64 bits per heavy atom. The summed E-state index contributed by atoms with van der Waals surface area (Å²) < 4.78 is 4.99. The molecule has 0 aliphatic carbocycles. The fraction of sp³-hybridized carbons (Fsp3) is 0.300. The molecule has 14 heavy (non-hydrogen) atoms. The molecule has 2 heterocycles. The standard InChI is InChI=1S/C8H7N3O.C2H6/c1-6-2-3-9-7(4-6)8-11-10-5-12-8;1-2/h2-5H,1H3;1-2H3. The van der Waals surface area contributed by atoms with Crippen LogP contribution in [0.25, 0.3) is 11.6 Å². The van der Waals surface area contributed by atoms with Crippen LogP contribution in [0.2, 0.25) is 0 Å². The third-order valence-electron chi connectivity index (χ3n) is 1.49. The van der Waals surface area contributed by atoms with Crippen LogP contribution in [0.4, 0.5) is 0 Å². The topological polar surface area (TPSA) is 51.8 Å². The van der Waals surface area contributed by atoms with Crippen molar-refractivity contribution >= 4 is 0 Å². The molecule has 2 rings (SSSR count). The summed E-state index contributed by atoms with van der Waals surface area (Å²) in [5, 5.41) is 7.32. The zero-order valence-electron chi connectivity index (χ0n) is 8.56. The van der Waals surface area contributed by atoms with E-state index < -0.39 is 0 Å². The van der Waals surface area contributed by atoms with Crippen LogP contribution in [-0.2, 0) is 0 Å². The second-order valence-corrected chi connectivity index (χ2v) is 2.46. The van der Waals surface area contributed by atoms with Crippen molar-refractivity contribution in [1.29, 1.82) is 0 Å². The molecule has 0 bridgehead atoms. The Bertz CT molecular complexity index is 371. The highest BCUT2D eigenvalue weighted by Crippen LogP contribution is 2.13. The van der Waals surface area contributed by atoms with Gasteiger partial charge in [0, 0.05) is 6.20 Å². The van der Waals surface area contributed by atoms with Gasteiger partial charge >= 0.3 is 0 Å². The van der Waals surface area contributed by atoms with Crippen molar-refractivity contribution in [3.63, 3.8) is 0 Å². The summed E-state index contributed by atoms with van der Waals surface area (Å²) in [5.41, 5.74) is 1.84. The summed E-state index contributed by atoms with van der Waals surface area (Å²) in [5.74, 6) is 0.457. The first-order valence-electron chi connectivity index (χ1n) is 4.55. The number of rotatable bonds is 1. The van der Waals surface area contributed by atoms with Gasteiger partial charge in [-0.15, -0.1) is 10.2 Å². The Morgan fingerprint density at radius 2 is 2.07 bits per heavy atom. The van der Waals surface area contributed by atoms with E-state index in [0.717, 1.165) is 5.56 Å². The summed E-state index contributed by atoms with van der Waals surface area (Å²) in [6.07, 6.45) is 3.01. The molecule has 0 radical (unpaired) electrons. The molecule has 4 nitrogen and oxygen atoms in total. The second kappa shape index (κ2) is 5.11. The molecule has 0 atom stereocenters. The lowest BCUT2D eigenvalue weighted by Crippen LogP contribution is -1.83. The van der Waals surface area contributed by atoms with Gasteiger partial charge in [-0.1, -0.05) is 13.8 Å². The number of aromatic nitrogens is 3. The van der Waals surface area contributed by atoms with E-state index in [0.29, 0.717) is 11.6 Å². The monoisotopic (exact) mass is 191 g/mol. The van der Waals surface area contributed by atoms with Gasteiger partial charge in [0.2, 0.25) is 6.39 Å². The van der Waals surface area contributed by atoms with Crippen LogP contribution in [-0.4, -0.2) is 15.2 Å². The molecule has 0 saturated heterocycles. The van der Waals surface area contributed by atoms with Gasteiger partial charge in [-0.25, -0.2) is 0 Å². The molecule has 0 aromatic carbocycles. The molecule has 74 valence electrons. The lowest BCUT2D eigenvalue weighted by Gasteiger charge is -1.93. The summed E-state index contributed by atoms with van der Waals surface area (Å²) in [4.78, 5) is 4.09. The Balaban J connectivity index is 0.000000461. The predicted molar refractivity (Wildman–Crippen MR) is 53.6 cm³/mol. The van der Waals surface area contributed by atoms with Crippen molar-refractivity contribution in [2.45, 2.75) is 20.8 Å². The van der Waals surface area contributed by atoms with E-state index in [1.54, 1.807) is 6.20 Å². The molecule has 2 aromatic heterocycles. The highest BCUT2D eigenvalue weighted by atomic mass is 16.4. The average Bonchev–Trinajstić information content (AvgIpc) is 2.74. The molecule has 0 aliphatic rings. The van der Waals surface area contributed by atoms with E-state index in [1.165, 1.54) is 6.39 Å². The molecule has 0 N–H and O–H groups in total. The maximum atomic E-state index is 4.99. The van der Waals surface area contributed by atoms with Crippen LogP contribution in [0.5, 0.6) is 0 Å². The molecular formula is C10H13N3O. The minimum absolute atomic E-state index is 0.457. The number of nitrogens with zero attached hydrogens (tertiary/aromatic N) is 3. The number of hydrogen-bond donors (Lipinski definition) is 0. The van der Waals surface area contributed by atoms with Gasteiger partial charge < -0.3 is 4.42 Å². The van der Waals surface area contributed by atoms with Crippen molar-refractivity contribution in [3.8, 4) is 11.6 Å². The van der Waals surface area contributed by atoms with Gasteiger partial charge in [0.05, 0.1) is 0 Å². The molecule has 0 amide bonds. The Kier molecular flexibility index (Phi) is 3.79. The first-order chi connectivity index (χ1) is 6.86. The quantitative estimate of drug-likeness (QED) is 0.694. The second-order valence-electron chi connectivity index (χ2n) is 2.46. The zero-order valence-corrected chi connectivity index (χ0v) is 8.56. The van der Waals surface area contributed by atoms with Gasteiger partial charge in [-0.3, -0.25) is 4.98 Å². The lowest BCUT2D eigenvalue weighted by molar-refractivity contribution is 0.566. The van der Waals surface area contributed by atoms with Crippen LogP contribution < -0.4 is 0 Å². The largest absolute Gasteiger partial charge is 0.422 e. The first-order valence-corrected chi connectivity index (χ1v) is 4.55. The van der Waals surface area contributed by atoms with Crippen molar-refractivity contribution < 1.29 is 4.42 Å². The molecule has 4 heteroatoms. The van der Waals surface area contributed by atoms with Gasteiger partial charge in [0.25, 0.3) is 5.89 Å². The Morgan fingerprint density at radius 1 is 1.29 bits per heavy atom. The predicted octanol–water partition coefficient (Wildman–Crippen LogP) is 2.47. The van der Waals surface area contributed by atoms with E-state index in [2.05, 4.69) is 15.2 Å². The van der Waals surface area contributed by atoms with E-state index in [-0.39, 0.29) is 0 Å². The average molecular weight is 191 g/mol. The zero-order chi connectivity index (χ0) is 10.4. The first kappa shape index (κ1) is 10.4. The van der Waals surface area contributed by atoms with Crippen LogP contribution in [0.15, 0.2) is 29.1 Å². The summed E-state index contributed by atoms with van der Waals surface area (Å²) in [6, 6.07) is 3.81. The highest BCUT2D eigenvalue weighted by Gasteiger charge is 2.03. The maximum absolute atomic E-state index is 4.99. The van der Waals surface area contributed by atoms with Crippen molar-refractivity contribution in [1.82, 2.24) is 15.2 Å². The molecular weight excluding hydrogens is 178 g/mol. The molecule has 0 spiro atoms. The number of hydrogen-bond acceptors (Lipinski definition) is 4. The Labute approximate surface area is 83.0 Å². The molecule has 0 fully saturated rings. The molecule has 2 aromatic rings. The smallest absolute Gasteiger partial charge is 0.266 e. The van der Waals surface area contributed by atoms with Gasteiger partial charge in [0.1, 0.15) is 5.69 Å². The van der Waals surface area contributed by atoms with E-state index in [9.17, 15) is 0 Å². The fourth-order valence-corrected chi connectivity index (χ4v) is 0.938. The summed E-state index contributed by atoms with van der Waals surface area (Å²) >= 11 is 0. The van der Waals surface area contributed by atoms with E-state index in [1.807, 2.05) is 32.9 Å². The molecule has 0 saturated carbocycles. The van der Waals surface area contributed by atoms with E-state index >= 15 is 0 Å². The van der Waals surface area contributed by atoms with Gasteiger partial charge in [-0.2, -0.15) is 0 Å².